The average Bonchev–Trinajstić information content (AvgIpc) is 3.01. The number of carbonyl (C=O) groups is 2. The first-order valence-corrected chi connectivity index (χ1v) is 10.7. The third-order valence-corrected chi connectivity index (χ3v) is 6.74. The highest BCUT2D eigenvalue weighted by atomic mass is 32.1. The number of carbonyl (C=O) groups excluding carboxylic acids is 2. The van der Waals surface area contributed by atoms with Gasteiger partial charge in [-0.25, -0.2) is 4.98 Å². The smallest absolute Gasteiger partial charge is 0.262 e. The monoisotopic (exact) mass is 404 g/mol. The Bertz CT molecular complexity index is 949. The summed E-state index contributed by atoms with van der Waals surface area (Å²) in [6, 6.07) is 0.262. The van der Waals surface area contributed by atoms with E-state index in [-0.39, 0.29) is 36.0 Å². The highest BCUT2D eigenvalue weighted by Gasteiger charge is 2.25. The number of fused-ring (bicyclic) bond motifs is 1. The fourth-order valence-corrected chi connectivity index (χ4v) is 4.63. The number of rotatable bonds is 5. The zero-order valence-corrected chi connectivity index (χ0v) is 17.8. The molecule has 1 aliphatic heterocycles. The van der Waals surface area contributed by atoms with Crippen LogP contribution in [0.3, 0.4) is 0 Å². The Hall–Kier alpha value is -2.22. The van der Waals surface area contributed by atoms with Gasteiger partial charge in [-0.2, -0.15) is 0 Å². The van der Waals surface area contributed by atoms with E-state index in [1.165, 1.54) is 22.2 Å². The van der Waals surface area contributed by atoms with Crippen molar-refractivity contribution < 1.29 is 9.59 Å². The molecule has 152 valence electrons. The molecule has 2 amide bonds. The van der Waals surface area contributed by atoms with Crippen molar-refractivity contribution in [3.8, 4) is 0 Å². The maximum absolute atomic E-state index is 13.0. The van der Waals surface area contributed by atoms with Crippen molar-refractivity contribution >= 4 is 33.4 Å². The fourth-order valence-electron chi connectivity index (χ4n) is 3.58. The van der Waals surface area contributed by atoms with Gasteiger partial charge >= 0.3 is 0 Å². The second-order valence-electron chi connectivity index (χ2n) is 7.63. The first-order chi connectivity index (χ1) is 13.3. The summed E-state index contributed by atoms with van der Waals surface area (Å²) in [7, 11) is 0. The number of likely N-dealkylation sites (tertiary alicyclic amines) is 1. The van der Waals surface area contributed by atoms with Crippen LogP contribution < -0.4 is 10.9 Å². The lowest BCUT2D eigenvalue weighted by Crippen LogP contribution is -2.44. The minimum absolute atomic E-state index is 0.0181. The lowest BCUT2D eigenvalue weighted by molar-refractivity contribution is -0.135. The summed E-state index contributed by atoms with van der Waals surface area (Å²) in [5.41, 5.74) is 0.366. The molecule has 2 aromatic rings. The predicted molar refractivity (Wildman–Crippen MR) is 111 cm³/mol. The molecule has 0 aromatic carbocycles. The van der Waals surface area contributed by atoms with Crippen LogP contribution in [0.5, 0.6) is 0 Å². The SMILES string of the molecule is CCC(C)NC(=O)c1sc2ncn(CC(=O)N3CCCCC3C)c(=O)c2c1C. The number of amides is 2. The third kappa shape index (κ3) is 3.97. The number of thiophene rings is 1. The molecule has 1 fully saturated rings. The van der Waals surface area contributed by atoms with Crippen molar-refractivity contribution in [2.24, 2.45) is 0 Å². The summed E-state index contributed by atoms with van der Waals surface area (Å²) >= 11 is 1.22. The van der Waals surface area contributed by atoms with E-state index in [4.69, 9.17) is 0 Å². The van der Waals surface area contributed by atoms with E-state index < -0.39 is 0 Å². The molecule has 1 aliphatic rings. The van der Waals surface area contributed by atoms with Crippen LogP contribution in [-0.2, 0) is 11.3 Å². The second kappa shape index (κ2) is 8.43. The lowest BCUT2D eigenvalue weighted by atomic mass is 10.0. The largest absolute Gasteiger partial charge is 0.349 e. The number of nitrogens with zero attached hydrogens (tertiary/aromatic N) is 3. The van der Waals surface area contributed by atoms with E-state index >= 15 is 0 Å². The van der Waals surface area contributed by atoms with E-state index in [1.54, 1.807) is 6.92 Å². The Labute approximate surface area is 168 Å². The molecule has 2 atom stereocenters. The third-order valence-electron chi connectivity index (χ3n) is 5.54. The molecule has 8 heteroatoms. The zero-order chi connectivity index (χ0) is 20.4. The number of hydrogen-bond acceptors (Lipinski definition) is 5. The summed E-state index contributed by atoms with van der Waals surface area (Å²) in [4.78, 5) is 45.5. The van der Waals surface area contributed by atoms with Crippen LogP contribution in [0.2, 0.25) is 0 Å². The van der Waals surface area contributed by atoms with Crippen molar-refractivity contribution in [1.82, 2.24) is 19.8 Å². The van der Waals surface area contributed by atoms with Gasteiger partial charge in [-0.05, 0) is 52.0 Å². The molecular formula is C20H28N4O3S. The summed E-state index contributed by atoms with van der Waals surface area (Å²) < 4.78 is 1.36. The number of aromatic nitrogens is 2. The quantitative estimate of drug-likeness (QED) is 0.830. The molecule has 2 unspecified atom stereocenters. The predicted octanol–water partition coefficient (Wildman–Crippen LogP) is 2.70. The molecule has 1 N–H and O–H groups in total. The number of aryl methyl sites for hydroxylation is 1. The van der Waals surface area contributed by atoms with Gasteiger partial charge in [0.15, 0.2) is 0 Å². The van der Waals surface area contributed by atoms with Gasteiger partial charge < -0.3 is 10.2 Å². The van der Waals surface area contributed by atoms with Crippen LogP contribution >= 0.6 is 11.3 Å². The minimum atomic E-state index is -0.264. The van der Waals surface area contributed by atoms with Crippen LogP contribution in [0.1, 0.15) is 61.7 Å². The first-order valence-electron chi connectivity index (χ1n) is 9.92. The highest BCUT2D eigenvalue weighted by molar-refractivity contribution is 7.20. The van der Waals surface area contributed by atoms with Crippen molar-refractivity contribution in [3.05, 3.63) is 27.1 Å². The Balaban J connectivity index is 1.89. The molecule has 1 saturated heterocycles. The molecular weight excluding hydrogens is 376 g/mol. The van der Waals surface area contributed by atoms with E-state index in [1.807, 2.05) is 25.7 Å². The van der Waals surface area contributed by atoms with Gasteiger partial charge in [-0.3, -0.25) is 19.0 Å². The van der Waals surface area contributed by atoms with Crippen LogP contribution in [-0.4, -0.2) is 44.9 Å². The molecule has 0 saturated carbocycles. The topological polar surface area (TPSA) is 84.3 Å². The summed E-state index contributed by atoms with van der Waals surface area (Å²) in [6.45, 7) is 8.48. The number of piperidine rings is 1. The van der Waals surface area contributed by atoms with Crippen molar-refractivity contribution in [1.29, 1.82) is 0 Å². The normalized spacial score (nSPS) is 18.3. The molecule has 28 heavy (non-hydrogen) atoms. The Morgan fingerprint density at radius 3 is 2.82 bits per heavy atom. The number of hydrogen-bond donors (Lipinski definition) is 1. The van der Waals surface area contributed by atoms with Crippen molar-refractivity contribution in [2.75, 3.05) is 6.54 Å². The van der Waals surface area contributed by atoms with Crippen LogP contribution in [0, 0.1) is 6.92 Å². The molecule has 0 spiro atoms. The van der Waals surface area contributed by atoms with Crippen LogP contribution in [0.4, 0.5) is 0 Å². The van der Waals surface area contributed by atoms with E-state index in [2.05, 4.69) is 10.3 Å². The summed E-state index contributed by atoms with van der Waals surface area (Å²) in [5.74, 6) is -0.239. The maximum atomic E-state index is 13.0. The molecule has 7 nitrogen and oxygen atoms in total. The molecule has 0 bridgehead atoms. The average molecular weight is 405 g/mol. The Morgan fingerprint density at radius 1 is 1.39 bits per heavy atom. The summed E-state index contributed by atoms with van der Waals surface area (Å²) in [5, 5.41) is 3.37. The zero-order valence-electron chi connectivity index (χ0n) is 16.9. The maximum Gasteiger partial charge on any atom is 0.262 e. The van der Waals surface area contributed by atoms with E-state index in [0.717, 1.165) is 32.2 Å². The standard InChI is InChI=1S/C20H28N4O3S/c1-5-12(2)22-18(26)17-14(4)16-19(28-17)21-11-23(20(16)27)10-15(25)24-9-7-6-8-13(24)3/h11-13H,5-10H2,1-4H3,(H,22,26). The minimum Gasteiger partial charge on any atom is -0.349 e. The lowest BCUT2D eigenvalue weighted by Gasteiger charge is -2.33. The van der Waals surface area contributed by atoms with Crippen LogP contribution in [0.25, 0.3) is 10.2 Å². The Kier molecular flexibility index (Phi) is 6.17. The van der Waals surface area contributed by atoms with E-state index in [9.17, 15) is 14.4 Å². The van der Waals surface area contributed by atoms with Gasteiger partial charge in [0.05, 0.1) is 16.6 Å². The Morgan fingerprint density at radius 2 is 2.14 bits per heavy atom. The van der Waals surface area contributed by atoms with Gasteiger partial charge in [0.1, 0.15) is 11.4 Å². The molecule has 3 rings (SSSR count). The molecule has 3 heterocycles. The highest BCUT2D eigenvalue weighted by Crippen LogP contribution is 2.27. The molecule has 0 radical (unpaired) electrons. The second-order valence-corrected chi connectivity index (χ2v) is 8.63. The molecule has 0 aliphatic carbocycles. The van der Waals surface area contributed by atoms with Crippen molar-refractivity contribution in [2.45, 2.75) is 72.0 Å². The van der Waals surface area contributed by atoms with Gasteiger partial charge in [-0.15, -0.1) is 11.3 Å². The van der Waals surface area contributed by atoms with Gasteiger partial charge in [-0.1, -0.05) is 6.92 Å². The number of nitrogens with one attached hydrogen (secondary N) is 1. The molecule has 2 aromatic heterocycles. The summed E-state index contributed by atoms with van der Waals surface area (Å²) in [6.07, 6.45) is 5.38. The van der Waals surface area contributed by atoms with E-state index in [0.29, 0.717) is 20.7 Å². The fraction of sp³-hybridized carbons (Fsp3) is 0.600. The van der Waals surface area contributed by atoms with Gasteiger partial charge in [0.2, 0.25) is 5.91 Å². The van der Waals surface area contributed by atoms with Gasteiger partial charge in [0, 0.05) is 18.6 Å². The van der Waals surface area contributed by atoms with Crippen molar-refractivity contribution in [3.63, 3.8) is 0 Å². The van der Waals surface area contributed by atoms with Gasteiger partial charge in [0.25, 0.3) is 11.5 Å². The van der Waals surface area contributed by atoms with Crippen LogP contribution in [0.15, 0.2) is 11.1 Å². The first kappa shape index (κ1) is 20.5.